The third kappa shape index (κ3) is 2.78. The van der Waals surface area contributed by atoms with Gasteiger partial charge in [0.2, 0.25) is 0 Å². The molecule has 4 nitrogen and oxygen atoms in total. The van der Waals surface area contributed by atoms with Crippen molar-refractivity contribution in [2.75, 3.05) is 13.1 Å². The first kappa shape index (κ1) is 11.1. The van der Waals surface area contributed by atoms with Crippen LogP contribution >= 0.6 is 12.4 Å². The maximum Gasteiger partial charge on any atom is 0.316 e. The summed E-state index contributed by atoms with van der Waals surface area (Å²) in [5.74, 6) is -0.447. The van der Waals surface area contributed by atoms with Gasteiger partial charge in [0.15, 0.2) is 5.82 Å². The molecule has 0 amide bonds. The number of aromatic nitrogens is 2. The highest BCUT2D eigenvalue weighted by molar-refractivity contribution is 5.85. The summed E-state index contributed by atoms with van der Waals surface area (Å²) >= 11 is 0. The number of ether oxygens (including phenoxy) is 1. The van der Waals surface area contributed by atoms with Crippen LogP contribution in [0.1, 0.15) is 6.42 Å². The van der Waals surface area contributed by atoms with E-state index in [1.807, 2.05) is 0 Å². The Morgan fingerprint density at radius 2 is 2.14 bits per heavy atom. The second-order valence-electron chi connectivity index (χ2n) is 2.92. The van der Waals surface area contributed by atoms with Gasteiger partial charge in [-0.3, -0.25) is 0 Å². The fraction of sp³-hybridized carbons (Fsp3) is 0.500. The van der Waals surface area contributed by atoms with Gasteiger partial charge in [-0.25, -0.2) is 14.4 Å². The van der Waals surface area contributed by atoms with Gasteiger partial charge in [-0.05, 0) is 13.0 Å². The summed E-state index contributed by atoms with van der Waals surface area (Å²) in [7, 11) is 0. The lowest BCUT2D eigenvalue weighted by atomic mass is 10.3. The molecule has 0 unspecified atom stereocenters. The lowest BCUT2D eigenvalue weighted by Gasteiger charge is -2.09. The number of halogens is 2. The van der Waals surface area contributed by atoms with Gasteiger partial charge in [0.25, 0.3) is 0 Å². The van der Waals surface area contributed by atoms with E-state index in [9.17, 15) is 4.39 Å². The number of hydrogen-bond acceptors (Lipinski definition) is 4. The van der Waals surface area contributed by atoms with Crippen molar-refractivity contribution in [1.29, 1.82) is 0 Å². The molecular weight excluding hydrogens is 209 g/mol. The molecule has 2 heterocycles. The van der Waals surface area contributed by atoms with Gasteiger partial charge in [0, 0.05) is 6.54 Å². The van der Waals surface area contributed by atoms with Crippen molar-refractivity contribution < 1.29 is 9.13 Å². The van der Waals surface area contributed by atoms with E-state index in [1.165, 1.54) is 0 Å². The van der Waals surface area contributed by atoms with Gasteiger partial charge in [-0.1, -0.05) is 0 Å². The van der Waals surface area contributed by atoms with Crippen LogP contribution in [-0.4, -0.2) is 29.2 Å². The molecule has 1 aliphatic rings. The molecule has 1 fully saturated rings. The van der Waals surface area contributed by atoms with Crippen molar-refractivity contribution in [3.8, 4) is 6.01 Å². The maximum absolute atomic E-state index is 12.4. The Labute approximate surface area is 87.3 Å². The van der Waals surface area contributed by atoms with E-state index in [0.717, 1.165) is 31.9 Å². The fourth-order valence-electron chi connectivity index (χ4n) is 1.24. The first-order valence-corrected chi connectivity index (χ1v) is 4.19. The van der Waals surface area contributed by atoms with Crippen LogP contribution in [0.25, 0.3) is 0 Å². The Hall–Kier alpha value is -0.940. The molecule has 2 rings (SSSR count). The molecule has 1 aromatic rings. The van der Waals surface area contributed by atoms with Crippen LogP contribution in [0.5, 0.6) is 6.01 Å². The molecule has 0 saturated carbocycles. The standard InChI is InChI=1S/C8H10FN3O.ClH/c9-6-3-11-8(12-4-6)13-7-1-2-10-5-7;/h3-4,7,10H,1-2,5H2;1H/t7-;/m0./s1. The molecule has 0 spiro atoms. The van der Waals surface area contributed by atoms with Gasteiger partial charge >= 0.3 is 6.01 Å². The molecule has 0 aromatic carbocycles. The van der Waals surface area contributed by atoms with Gasteiger partial charge in [-0.15, -0.1) is 12.4 Å². The lowest BCUT2D eigenvalue weighted by Crippen LogP contribution is -2.20. The molecule has 14 heavy (non-hydrogen) atoms. The van der Waals surface area contributed by atoms with Crippen molar-refractivity contribution in [2.24, 2.45) is 0 Å². The van der Waals surface area contributed by atoms with Crippen molar-refractivity contribution in [1.82, 2.24) is 15.3 Å². The first-order valence-electron chi connectivity index (χ1n) is 4.19. The largest absolute Gasteiger partial charge is 0.459 e. The van der Waals surface area contributed by atoms with Crippen LogP contribution in [0.3, 0.4) is 0 Å². The van der Waals surface area contributed by atoms with Crippen LogP contribution in [0.2, 0.25) is 0 Å². The summed E-state index contributed by atoms with van der Waals surface area (Å²) < 4.78 is 17.8. The molecule has 1 saturated heterocycles. The summed E-state index contributed by atoms with van der Waals surface area (Å²) in [4.78, 5) is 7.41. The van der Waals surface area contributed by atoms with Crippen molar-refractivity contribution >= 4 is 12.4 Å². The van der Waals surface area contributed by atoms with E-state index < -0.39 is 5.82 Å². The maximum atomic E-state index is 12.4. The minimum absolute atomic E-state index is 0. The Bertz CT molecular complexity index is 276. The number of hydrogen-bond donors (Lipinski definition) is 1. The van der Waals surface area contributed by atoms with Crippen molar-refractivity contribution in [3.63, 3.8) is 0 Å². The average molecular weight is 220 g/mol. The topological polar surface area (TPSA) is 47.0 Å². The van der Waals surface area contributed by atoms with Crippen molar-refractivity contribution in [3.05, 3.63) is 18.2 Å². The summed E-state index contributed by atoms with van der Waals surface area (Å²) in [6, 6.07) is 0.245. The number of rotatable bonds is 2. The molecule has 78 valence electrons. The van der Waals surface area contributed by atoms with Gasteiger partial charge in [0.1, 0.15) is 6.10 Å². The predicted octanol–water partition coefficient (Wildman–Crippen LogP) is 0.778. The highest BCUT2D eigenvalue weighted by Crippen LogP contribution is 2.08. The normalized spacial score (nSPS) is 20.2. The smallest absolute Gasteiger partial charge is 0.316 e. The van der Waals surface area contributed by atoms with Gasteiger partial charge < -0.3 is 10.1 Å². The SMILES string of the molecule is Cl.Fc1cnc(O[C@H]2CCNC2)nc1. The van der Waals surface area contributed by atoms with Crippen LogP contribution < -0.4 is 10.1 Å². The Morgan fingerprint density at radius 1 is 1.43 bits per heavy atom. The highest BCUT2D eigenvalue weighted by atomic mass is 35.5. The third-order valence-electron chi connectivity index (χ3n) is 1.88. The van der Waals surface area contributed by atoms with E-state index >= 15 is 0 Å². The first-order chi connectivity index (χ1) is 6.34. The van der Waals surface area contributed by atoms with Crippen LogP contribution in [0.4, 0.5) is 4.39 Å². The molecule has 1 aliphatic heterocycles. The minimum Gasteiger partial charge on any atom is -0.459 e. The number of nitrogens with one attached hydrogen (secondary N) is 1. The average Bonchev–Trinajstić information content (AvgIpc) is 2.62. The van der Waals surface area contributed by atoms with Crippen molar-refractivity contribution in [2.45, 2.75) is 12.5 Å². The summed E-state index contributed by atoms with van der Waals surface area (Å²) in [5, 5.41) is 3.15. The molecule has 6 heteroatoms. The Kier molecular flexibility index (Phi) is 4.03. The fourth-order valence-corrected chi connectivity index (χ4v) is 1.24. The Morgan fingerprint density at radius 3 is 2.71 bits per heavy atom. The second-order valence-corrected chi connectivity index (χ2v) is 2.92. The molecule has 1 aromatic heterocycles. The van der Waals surface area contributed by atoms with E-state index in [0.29, 0.717) is 0 Å². The predicted molar refractivity (Wildman–Crippen MR) is 51.1 cm³/mol. The van der Waals surface area contributed by atoms with Crippen LogP contribution in [-0.2, 0) is 0 Å². The highest BCUT2D eigenvalue weighted by Gasteiger charge is 2.16. The molecule has 1 N–H and O–H groups in total. The van der Waals surface area contributed by atoms with E-state index in [1.54, 1.807) is 0 Å². The second kappa shape index (κ2) is 5.07. The molecule has 0 aliphatic carbocycles. The quantitative estimate of drug-likeness (QED) is 0.799. The van der Waals surface area contributed by atoms with E-state index in [2.05, 4.69) is 15.3 Å². The summed E-state index contributed by atoms with van der Waals surface area (Å²) in [5.41, 5.74) is 0. The van der Waals surface area contributed by atoms with Crippen LogP contribution in [0, 0.1) is 5.82 Å². The zero-order chi connectivity index (χ0) is 9.10. The minimum atomic E-state index is -0.447. The molecule has 1 atom stereocenters. The zero-order valence-electron chi connectivity index (χ0n) is 7.44. The lowest BCUT2D eigenvalue weighted by molar-refractivity contribution is 0.203. The molecule has 0 radical (unpaired) electrons. The summed E-state index contributed by atoms with van der Waals surface area (Å²) in [6.07, 6.45) is 3.27. The summed E-state index contributed by atoms with van der Waals surface area (Å²) in [6.45, 7) is 1.76. The number of nitrogens with zero attached hydrogens (tertiary/aromatic N) is 2. The molecule has 0 bridgehead atoms. The molecular formula is C8H11ClFN3O. The van der Waals surface area contributed by atoms with E-state index in [-0.39, 0.29) is 24.5 Å². The monoisotopic (exact) mass is 219 g/mol. The van der Waals surface area contributed by atoms with Gasteiger partial charge in [0.05, 0.1) is 12.4 Å². The zero-order valence-corrected chi connectivity index (χ0v) is 8.26. The Balaban J connectivity index is 0.000000980. The van der Waals surface area contributed by atoms with Gasteiger partial charge in [-0.2, -0.15) is 0 Å². The third-order valence-corrected chi connectivity index (χ3v) is 1.88. The van der Waals surface area contributed by atoms with Crippen LogP contribution in [0.15, 0.2) is 12.4 Å². The van der Waals surface area contributed by atoms with E-state index in [4.69, 9.17) is 4.74 Å².